The molecule has 3 aliphatic heterocycles. The Hall–Kier alpha value is -4.18. The smallest absolute Gasteiger partial charge is 0.269 e. The maximum Gasteiger partial charge on any atom is 0.269 e. The molecule has 5 fully saturated rings. The van der Waals surface area contributed by atoms with Gasteiger partial charge in [-0.15, -0.1) is 0 Å². The van der Waals surface area contributed by atoms with Gasteiger partial charge in [0.1, 0.15) is 5.82 Å². The van der Waals surface area contributed by atoms with Gasteiger partial charge in [-0.1, -0.05) is 0 Å². The molecule has 300 valence electrons. The molecule has 5 aliphatic rings. The van der Waals surface area contributed by atoms with Crippen LogP contribution in [0.5, 0.6) is 0 Å². The van der Waals surface area contributed by atoms with Gasteiger partial charge in [-0.05, 0) is 106 Å². The van der Waals surface area contributed by atoms with Crippen LogP contribution in [0.4, 0.5) is 31.9 Å². The third-order valence-corrected chi connectivity index (χ3v) is 15.1. The maximum absolute atomic E-state index is 15.2. The minimum Gasteiger partial charge on any atom is -0.371 e. The fourth-order valence-electron chi connectivity index (χ4n) is 8.58. The van der Waals surface area contributed by atoms with Crippen LogP contribution in [0.15, 0.2) is 52.4 Å². The molecule has 1 aromatic heterocycles. The molecule has 2 amide bonds. The van der Waals surface area contributed by atoms with E-state index in [1.54, 1.807) is 11.8 Å². The van der Waals surface area contributed by atoms with Crippen molar-refractivity contribution >= 4 is 54.6 Å². The first-order chi connectivity index (χ1) is 26.4. The van der Waals surface area contributed by atoms with E-state index < -0.39 is 37.4 Å². The summed E-state index contributed by atoms with van der Waals surface area (Å²) in [4.78, 5) is 46.3. The molecular weight excluding hydrogens is 763 g/mol. The van der Waals surface area contributed by atoms with Gasteiger partial charge >= 0.3 is 0 Å². The van der Waals surface area contributed by atoms with Crippen molar-refractivity contribution in [2.45, 2.75) is 86.8 Å². The normalized spacial score (nSPS) is 21.3. The number of carbonyl (C=O) groups excluding carboxylic acids is 2. The van der Waals surface area contributed by atoms with E-state index in [4.69, 9.17) is 4.98 Å². The predicted octanol–water partition coefficient (Wildman–Crippen LogP) is 6.08. The summed E-state index contributed by atoms with van der Waals surface area (Å²) in [7, 11) is -7.35. The maximum atomic E-state index is 15.2. The number of sulfone groups is 2. The third kappa shape index (κ3) is 7.62. The van der Waals surface area contributed by atoms with Crippen molar-refractivity contribution in [2.24, 2.45) is 10.8 Å². The van der Waals surface area contributed by atoms with Gasteiger partial charge in [0.15, 0.2) is 19.7 Å². The van der Waals surface area contributed by atoms with E-state index in [2.05, 4.69) is 4.98 Å². The number of aryl methyl sites for hydroxylation is 1. The lowest BCUT2D eigenvalue weighted by Crippen LogP contribution is -2.43. The van der Waals surface area contributed by atoms with Crippen molar-refractivity contribution < 1.29 is 35.2 Å². The zero-order valence-electron chi connectivity index (χ0n) is 32.1. The van der Waals surface area contributed by atoms with E-state index in [-0.39, 0.29) is 63.6 Å². The Morgan fingerprint density at radius 3 is 1.45 bits per heavy atom. The van der Waals surface area contributed by atoms with E-state index in [0.29, 0.717) is 48.9 Å². The molecule has 0 bridgehead atoms. The molecule has 4 heterocycles. The van der Waals surface area contributed by atoms with Crippen molar-refractivity contribution in [3.8, 4) is 0 Å². The molecule has 2 spiro atoms. The molecule has 2 saturated carbocycles. The van der Waals surface area contributed by atoms with Crippen LogP contribution < -0.4 is 19.6 Å². The van der Waals surface area contributed by atoms with Crippen LogP contribution in [0.25, 0.3) is 0 Å². The highest BCUT2D eigenvalue weighted by atomic mass is 32.2. The van der Waals surface area contributed by atoms with Crippen molar-refractivity contribution in [1.29, 1.82) is 0 Å². The van der Waals surface area contributed by atoms with Crippen molar-refractivity contribution in [1.82, 2.24) is 9.97 Å². The zero-order chi connectivity index (χ0) is 39.8. The van der Waals surface area contributed by atoms with Gasteiger partial charge in [-0.3, -0.25) is 9.59 Å². The van der Waals surface area contributed by atoms with E-state index in [0.717, 1.165) is 68.8 Å². The molecule has 3 saturated heterocycles. The molecule has 2 aliphatic carbocycles. The second kappa shape index (κ2) is 13.7. The number of rotatable bonds is 8. The first-order valence-electron chi connectivity index (χ1n) is 19.4. The van der Waals surface area contributed by atoms with E-state index in [1.165, 1.54) is 42.6 Å². The number of nitrogens with zero attached hydrogens (tertiary/aromatic N) is 6. The zero-order valence-corrected chi connectivity index (χ0v) is 33.7. The fourth-order valence-corrected chi connectivity index (χ4v) is 9.86. The Balaban J connectivity index is 1.25. The number of carbonyl (C=O) groups is 2. The summed E-state index contributed by atoms with van der Waals surface area (Å²) in [5.41, 5.74) is 2.02. The molecular formula is C40H48F2N6O6S2. The quantitative estimate of drug-likeness (QED) is 0.245. The number of benzene rings is 2. The molecule has 16 heteroatoms. The van der Waals surface area contributed by atoms with Gasteiger partial charge in [0.2, 0.25) is 5.95 Å². The number of imide groups is 1. The summed E-state index contributed by atoms with van der Waals surface area (Å²) in [5.74, 6) is -4.38. The van der Waals surface area contributed by atoms with Gasteiger partial charge in [0.25, 0.3) is 17.7 Å². The Kier molecular flexibility index (Phi) is 9.49. The first-order valence-corrected chi connectivity index (χ1v) is 23.2. The van der Waals surface area contributed by atoms with Gasteiger partial charge in [0.05, 0.1) is 32.3 Å². The van der Waals surface area contributed by atoms with E-state index in [1.807, 2.05) is 9.80 Å². The number of piperidine rings is 3. The number of halogens is 2. The van der Waals surface area contributed by atoms with Crippen molar-refractivity contribution in [2.75, 3.05) is 71.4 Å². The average Bonchev–Trinajstić information content (AvgIpc) is 4.10. The lowest BCUT2D eigenvalue weighted by molar-refractivity contribution is -0.0221. The molecule has 3 aromatic rings. The Bertz CT molecular complexity index is 2180. The number of hydrogen-bond acceptors (Lipinski definition) is 11. The summed E-state index contributed by atoms with van der Waals surface area (Å²) in [6.45, 7) is 4.13. The molecule has 0 atom stereocenters. The van der Waals surface area contributed by atoms with Crippen LogP contribution in [-0.2, 0) is 19.7 Å². The second-order valence-electron chi connectivity index (χ2n) is 16.8. The largest absolute Gasteiger partial charge is 0.371 e. The van der Waals surface area contributed by atoms with Crippen LogP contribution in [-0.4, -0.2) is 96.3 Å². The summed E-state index contributed by atoms with van der Waals surface area (Å²) >= 11 is 0. The highest BCUT2D eigenvalue weighted by molar-refractivity contribution is 7.91. The highest BCUT2D eigenvalue weighted by Gasteiger charge is 2.46. The standard InChI is InChI=1S/C40H48F2N6O6S2/c1-27-26-43-37(44-34(27)47-22-16-40(41,42)17-23-47)48(35(49)30-6-4-28(55(2,51)52)24-32(30)45-18-12-38(8-9-38)13-19-45)36(50)31-7-5-29(56(3,53)54)25-33(31)46-20-14-39(10-11-39)15-21-46/h4-7,24-26H,8-23H2,1-3H3. The van der Waals surface area contributed by atoms with Gasteiger partial charge in [-0.2, -0.15) is 4.98 Å². The number of anilines is 4. The van der Waals surface area contributed by atoms with Gasteiger partial charge in [0, 0.05) is 76.4 Å². The molecule has 0 N–H and O–H groups in total. The minimum absolute atomic E-state index is 0.00723. The molecule has 56 heavy (non-hydrogen) atoms. The number of alkyl halides is 2. The predicted molar refractivity (Wildman–Crippen MR) is 210 cm³/mol. The summed E-state index contributed by atoms with van der Waals surface area (Å²) in [6.07, 6.45) is 11.0. The summed E-state index contributed by atoms with van der Waals surface area (Å²) in [6, 6.07) is 8.52. The van der Waals surface area contributed by atoms with Crippen molar-refractivity contribution in [3.63, 3.8) is 0 Å². The molecule has 8 rings (SSSR count). The number of aromatic nitrogens is 2. The topological polar surface area (TPSA) is 141 Å². The summed E-state index contributed by atoms with van der Waals surface area (Å²) in [5, 5.41) is 0. The summed E-state index contributed by atoms with van der Waals surface area (Å²) < 4.78 is 79.7. The monoisotopic (exact) mass is 810 g/mol. The highest BCUT2D eigenvalue weighted by Crippen LogP contribution is 2.55. The van der Waals surface area contributed by atoms with Gasteiger partial charge < -0.3 is 14.7 Å². The SMILES string of the molecule is Cc1cnc(N(C(=O)c2ccc(S(C)(=O)=O)cc2N2CCC3(CC2)CC3)C(=O)c2ccc(S(C)(=O)=O)cc2N2CCC3(CC2)CC3)nc1N1CCC(F)(F)CC1. The number of amides is 2. The molecule has 12 nitrogen and oxygen atoms in total. The molecule has 2 aromatic carbocycles. The lowest BCUT2D eigenvalue weighted by Gasteiger charge is -2.36. The number of hydrogen-bond donors (Lipinski definition) is 0. The molecule has 0 unspecified atom stereocenters. The average molecular weight is 811 g/mol. The minimum atomic E-state index is -3.67. The van der Waals surface area contributed by atoms with Crippen LogP contribution in [0.3, 0.4) is 0 Å². The van der Waals surface area contributed by atoms with Crippen LogP contribution in [0.2, 0.25) is 0 Å². The Morgan fingerprint density at radius 1 is 0.643 bits per heavy atom. The Morgan fingerprint density at radius 2 is 1.05 bits per heavy atom. The lowest BCUT2D eigenvalue weighted by atomic mass is 9.92. The third-order valence-electron chi connectivity index (χ3n) is 12.8. The molecule has 0 radical (unpaired) electrons. The van der Waals surface area contributed by atoms with E-state index in [9.17, 15) is 25.6 Å². The van der Waals surface area contributed by atoms with Crippen LogP contribution in [0, 0.1) is 17.8 Å². The van der Waals surface area contributed by atoms with Gasteiger partial charge in [-0.25, -0.2) is 35.5 Å². The second-order valence-corrected chi connectivity index (χ2v) is 20.9. The fraction of sp³-hybridized carbons (Fsp3) is 0.550. The van der Waals surface area contributed by atoms with Crippen LogP contribution in [0.1, 0.15) is 90.5 Å². The van der Waals surface area contributed by atoms with Crippen molar-refractivity contribution in [3.05, 3.63) is 59.3 Å². The Labute approximate surface area is 327 Å². The first kappa shape index (κ1) is 38.7. The van der Waals surface area contributed by atoms with Crippen LogP contribution >= 0.6 is 0 Å². The van der Waals surface area contributed by atoms with E-state index >= 15 is 9.59 Å².